The maximum Gasteiger partial charge on any atom is 0.150 e. The first-order chi connectivity index (χ1) is 8.08. The molecule has 0 spiro atoms. The molecule has 0 aromatic heterocycles. The van der Waals surface area contributed by atoms with Gasteiger partial charge in [0.15, 0.2) is 11.6 Å². The molecule has 0 aliphatic carbocycles. The number of nitriles is 1. The predicted molar refractivity (Wildman–Crippen MR) is 65.1 cm³/mol. The monoisotopic (exact) mass is 254 g/mol. The number of nitrogens with zero attached hydrogens (tertiary/aromatic N) is 1. The fourth-order valence-corrected chi connectivity index (χ4v) is 1.22. The average Bonchev–Trinajstić information content (AvgIpc) is 2.21. The SMILES string of the molecule is CC(C)(O)C(C)(C)Nc1c(F)cc(C#N)cc1F. The van der Waals surface area contributed by atoms with Crippen molar-refractivity contribution in [2.24, 2.45) is 0 Å². The maximum atomic E-state index is 13.7. The van der Waals surface area contributed by atoms with Crippen LogP contribution in [0.2, 0.25) is 0 Å². The zero-order chi connectivity index (χ0) is 14.1. The molecule has 18 heavy (non-hydrogen) atoms. The lowest BCUT2D eigenvalue weighted by Gasteiger charge is -2.39. The van der Waals surface area contributed by atoms with E-state index in [1.807, 2.05) is 0 Å². The van der Waals surface area contributed by atoms with Gasteiger partial charge in [0, 0.05) is 0 Å². The van der Waals surface area contributed by atoms with Gasteiger partial charge in [-0.15, -0.1) is 0 Å². The van der Waals surface area contributed by atoms with Crippen molar-refractivity contribution in [1.82, 2.24) is 0 Å². The van der Waals surface area contributed by atoms with Crippen LogP contribution in [-0.4, -0.2) is 16.2 Å². The molecule has 0 saturated heterocycles. The summed E-state index contributed by atoms with van der Waals surface area (Å²) in [5.41, 5.74) is -2.56. The van der Waals surface area contributed by atoms with Crippen molar-refractivity contribution >= 4 is 5.69 Å². The van der Waals surface area contributed by atoms with Gasteiger partial charge in [-0.1, -0.05) is 0 Å². The van der Waals surface area contributed by atoms with Gasteiger partial charge < -0.3 is 10.4 Å². The minimum Gasteiger partial charge on any atom is -0.388 e. The van der Waals surface area contributed by atoms with Crippen LogP contribution in [0.5, 0.6) is 0 Å². The summed E-state index contributed by atoms with van der Waals surface area (Å²) in [5, 5.41) is 21.2. The summed E-state index contributed by atoms with van der Waals surface area (Å²) in [6.07, 6.45) is 0. The number of halogens is 2. The van der Waals surface area contributed by atoms with Crippen LogP contribution in [0.3, 0.4) is 0 Å². The molecule has 0 heterocycles. The molecule has 0 aliphatic rings. The van der Waals surface area contributed by atoms with Crippen molar-refractivity contribution in [3.63, 3.8) is 0 Å². The van der Waals surface area contributed by atoms with Gasteiger partial charge in [-0.3, -0.25) is 0 Å². The van der Waals surface area contributed by atoms with E-state index < -0.39 is 22.8 Å². The summed E-state index contributed by atoms with van der Waals surface area (Å²) in [6.45, 7) is 6.34. The highest BCUT2D eigenvalue weighted by Gasteiger charge is 2.36. The van der Waals surface area contributed by atoms with Crippen LogP contribution in [0, 0.1) is 23.0 Å². The van der Waals surface area contributed by atoms with Gasteiger partial charge in [0.2, 0.25) is 0 Å². The second kappa shape index (κ2) is 4.54. The van der Waals surface area contributed by atoms with E-state index >= 15 is 0 Å². The molecule has 5 heteroatoms. The summed E-state index contributed by atoms with van der Waals surface area (Å²) in [6, 6.07) is 3.57. The molecule has 2 N–H and O–H groups in total. The number of anilines is 1. The van der Waals surface area contributed by atoms with Gasteiger partial charge in [-0.2, -0.15) is 5.26 Å². The van der Waals surface area contributed by atoms with Gasteiger partial charge in [0.25, 0.3) is 0 Å². The van der Waals surface area contributed by atoms with Crippen LogP contribution in [0.4, 0.5) is 14.5 Å². The highest BCUT2D eigenvalue weighted by Crippen LogP contribution is 2.29. The van der Waals surface area contributed by atoms with Crippen LogP contribution in [0.1, 0.15) is 33.3 Å². The molecule has 0 saturated carbocycles. The van der Waals surface area contributed by atoms with E-state index in [0.717, 1.165) is 12.1 Å². The summed E-state index contributed by atoms with van der Waals surface area (Å²) in [7, 11) is 0. The molecule has 0 atom stereocenters. The predicted octanol–water partition coefficient (Wildman–Crippen LogP) is 2.80. The third-order valence-electron chi connectivity index (χ3n) is 3.14. The van der Waals surface area contributed by atoms with Gasteiger partial charge in [0.1, 0.15) is 5.69 Å². The second-order valence-electron chi connectivity index (χ2n) is 5.24. The van der Waals surface area contributed by atoms with Crippen molar-refractivity contribution in [1.29, 1.82) is 5.26 Å². The molecule has 3 nitrogen and oxygen atoms in total. The van der Waals surface area contributed by atoms with Crippen LogP contribution < -0.4 is 5.32 Å². The van der Waals surface area contributed by atoms with Crippen molar-refractivity contribution < 1.29 is 13.9 Å². The van der Waals surface area contributed by atoms with Crippen LogP contribution >= 0.6 is 0 Å². The van der Waals surface area contributed by atoms with E-state index in [4.69, 9.17) is 5.26 Å². The molecule has 1 rings (SSSR count). The highest BCUT2D eigenvalue weighted by molar-refractivity contribution is 5.52. The zero-order valence-corrected chi connectivity index (χ0v) is 10.8. The molecule has 0 aliphatic heterocycles. The third-order valence-corrected chi connectivity index (χ3v) is 3.14. The first-order valence-electron chi connectivity index (χ1n) is 5.48. The second-order valence-corrected chi connectivity index (χ2v) is 5.24. The molecule has 0 fully saturated rings. The molecule has 98 valence electrons. The Kier molecular flexibility index (Phi) is 3.63. The number of aliphatic hydroxyl groups is 1. The lowest BCUT2D eigenvalue weighted by Crippen LogP contribution is -2.51. The van der Waals surface area contributed by atoms with Crippen LogP contribution in [-0.2, 0) is 0 Å². The number of hydrogen-bond donors (Lipinski definition) is 2. The van der Waals surface area contributed by atoms with E-state index in [1.54, 1.807) is 33.8 Å². The fraction of sp³-hybridized carbons (Fsp3) is 0.462. The van der Waals surface area contributed by atoms with E-state index in [1.165, 1.54) is 0 Å². The summed E-state index contributed by atoms with van der Waals surface area (Å²) >= 11 is 0. The minimum absolute atomic E-state index is 0.0865. The van der Waals surface area contributed by atoms with Crippen molar-refractivity contribution in [3.8, 4) is 6.07 Å². The van der Waals surface area contributed by atoms with E-state index in [9.17, 15) is 13.9 Å². The Morgan fingerprint density at radius 1 is 1.17 bits per heavy atom. The van der Waals surface area contributed by atoms with Crippen molar-refractivity contribution in [2.45, 2.75) is 38.8 Å². The minimum atomic E-state index is -1.18. The van der Waals surface area contributed by atoms with Gasteiger partial charge in [-0.05, 0) is 39.8 Å². The topological polar surface area (TPSA) is 56.0 Å². The quantitative estimate of drug-likeness (QED) is 0.872. The molecule has 1 aromatic carbocycles. The van der Waals surface area contributed by atoms with Crippen molar-refractivity contribution in [2.75, 3.05) is 5.32 Å². The largest absolute Gasteiger partial charge is 0.388 e. The molecule has 1 aromatic rings. The molecule has 0 bridgehead atoms. The van der Waals surface area contributed by atoms with E-state index in [-0.39, 0.29) is 11.3 Å². The standard InChI is InChI=1S/C13H16F2N2O/c1-12(2,13(3,4)18)17-11-9(14)5-8(7-16)6-10(11)15/h5-6,17-18H,1-4H3. The summed E-state index contributed by atoms with van der Waals surface area (Å²) in [5.74, 6) is -1.72. The smallest absolute Gasteiger partial charge is 0.150 e. The number of benzene rings is 1. The summed E-state index contributed by atoms with van der Waals surface area (Å²) < 4.78 is 27.4. The molecule has 0 amide bonds. The zero-order valence-electron chi connectivity index (χ0n) is 10.8. The van der Waals surface area contributed by atoms with Crippen LogP contribution in [0.25, 0.3) is 0 Å². The first-order valence-corrected chi connectivity index (χ1v) is 5.48. The van der Waals surface area contributed by atoms with E-state index in [2.05, 4.69) is 5.32 Å². The lowest BCUT2D eigenvalue weighted by molar-refractivity contribution is 0.0238. The Bertz CT molecular complexity index is 476. The number of nitrogens with one attached hydrogen (secondary N) is 1. The maximum absolute atomic E-state index is 13.7. The summed E-state index contributed by atoms with van der Waals surface area (Å²) in [4.78, 5) is 0. The molecular weight excluding hydrogens is 238 g/mol. The Morgan fingerprint density at radius 3 is 1.94 bits per heavy atom. The Balaban J connectivity index is 3.18. The van der Waals surface area contributed by atoms with Gasteiger partial charge in [0.05, 0.1) is 22.8 Å². The average molecular weight is 254 g/mol. The normalized spacial score (nSPS) is 12.1. The molecule has 0 unspecified atom stereocenters. The van der Waals surface area contributed by atoms with Gasteiger partial charge in [-0.25, -0.2) is 8.78 Å². The van der Waals surface area contributed by atoms with E-state index in [0.29, 0.717) is 0 Å². The number of rotatable bonds is 3. The fourth-order valence-electron chi connectivity index (χ4n) is 1.22. The lowest BCUT2D eigenvalue weighted by atomic mass is 9.85. The molecular formula is C13H16F2N2O. The Labute approximate surface area is 105 Å². The Hall–Kier alpha value is -1.67. The van der Waals surface area contributed by atoms with Crippen LogP contribution in [0.15, 0.2) is 12.1 Å². The highest BCUT2D eigenvalue weighted by atomic mass is 19.1. The Morgan fingerprint density at radius 2 is 1.61 bits per heavy atom. The van der Waals surface area contributed by atoms with Gasteiger partial charge >= 0.3 is 0 Å². The first kappa shape index (κ1) is 14.4. The number of hydrogen-bond acceptors (Lipinski definition) is 3. The third kappa shape index (κ3) is 2.77. The molecule has 0 radical (unpaired) electrons. The van der Waals surface area contributed by atoms with Crippen molar-refractivity contribution in [3.05, 3.63) is 29.3 Å².